The topological polar surface area (TPSA) is 58.1 Å². The fourth-order valence-electron chi connectivity index (χ4n) is 2.95. The summed E-state index contributed by atoms with van der Waals surface area (Å²) in [5.74, 6) is 2.14. The van der Waals surface area contributed by atoms with E-state index in [9.17, 15) is 0 Å². The number of nitrogens with zero attached hydrogens (tertiary/aromatic N) is 2. The van der Waals surface area contributed by atoms with Gasteiger partial charge in [0.25, 0.3) is 0 Å². The predicted octanol–water partition coefficient (Wildman–Crippen LogP) is 2.64. The molecule has 8 heteroatoms. The van der Waals surface area contributed by atoms with Gasteiger partial charge in [0.2, 0.25) is 0 Å². The average molecular weight is 511 g/mol. The highest BCUT2D eigenvalue weighted by molar-refractivity contribution is 14.0. The van der Waals surface area contributed by atoms with Crippen molar-refractivity contribution in [3.05, 3.63) is 28.8 Å². The lowest BCUT2D eigenvalue weighted by Crippen LogP contribution is -2.44. The normalized spacial score (nSPS) is 16.4. The van der Waals surface area contributed by atoms with Gasteiger partial charge in [-0.3, -0.25) is 9.89 Å². The molecule has 0 aromatic heterocycles. The zero-order valence-electron chi connectivity index (χ0n) is 16.5. The van der Waals surface area contributed by atoms with Gasteiger partial charge in [-0.1, -0.05) is 24.6 Å². The quantitative estimate of drug-likeness (QED) is 0.320. The van der Waals surface area contributed by atoms with Crippen molar-refractivity contribution in [1.29, 1.82) is 0 Å². The van der Waals surface area contributed by atoms with Crippen LogP contribution in [-0.4, -0.2) is 71.0 Å². The molecule has 0 amide bonds. The minimum Gasteiger partial charge on any atom is -0.497 e. The number of hydrogen-bond acceptors (Lipinski definition) is 4. The van der Waals surface area contributed by atoms with E-state index in [1.54, 1.807) is 14.2 Å². The lowest BCUT2D eigenvalue weighted by Gasteiger charge is -2.29. The van der Waals surface area contributed by atoms with Crippen LogP contribution in [0.1, 0.15) is 12.5 Å². The minimum atomic E-state index is 0. The van der Waals surface area contributed by atoms with Crippen LogP contribution >= 0.6 is 35.6 Å². The summed E-state index contributed by atoms with van der Waals surface area (Å²) in [5, 5.41) is 7.48. The summed E-state index contributed by atoms with van der Waals surface area (Å²) < 4.78 is 10.6. The summed E-state index contributed by atoms with van der Waals surface area (Å²) in [5.41, 5.74) is 1.09. The van der Waals surface area contributed by atoms with Crippen LogP contribution in [0.3, 0.4) is 0 Å². The van der Waals surface area contributed by atoms with E-state index in [0.717, 1.165) is 74.7 Å². The largest absolute Gasteiger partial charge is 0.497 e. The highest BCUT2D eigenvalue weighted by Crippen LogP contribution is 2.22. The maximum Gasteiger partial charge on any atom is 0.190 e. The van der Waals surface area contributed by atoms with Crippen LogP contribution in [0.5, 0.6) is 5.75 Å². The van der Waals surface area contributed by atoms with Crippen LogP contribution in [-0.2, 0) is 11.2 Å². The van der Waals surface area contributed by atoms with Gasteiger partial charge in [0.05, 0.1) is 20.3 Å². The Morgan fingerprint density at radius 2 is 2.07 bits per heavy atom. The fourth-order valence-corrected chi connectivity index (χ4v) is 3.22. The Bertz CT molecular complexity index is 583. The molecule has 1 heterocycles. The van der Waals surface area contributed by atoms with Crippen LogP contribution in [0.2, 0.25) is 5.02 Å². The molecule has 1 unspecified atom stereocenters. The van der Waals surface area contributed by atoms with Crippen LogP contribution < -0.4 is 15.4 Å². The number of methoxy groups -OCH3 is 1. The molecule has 27 heavy (non-hydrogen) atoms. The summed E-state index contributed by atoms with van der Waals surface area (Å²) in [4.78, 5) is 6.75. The Balaban J connectivity index is 0.00000364. The van der Waals surface area contributed by atoms with Gasteiger partial charge < -0.3 is 20.1 Å². The van der Waals surface area contributed by atoms with Gasteiger partial charge in [-0.05, 0) is 30.0 Å². The van der Waals surface area contributed by atoms with Gasteiger partial charge in [-0.15, -0.1) is 24.0 Å². The molecule has 2 N–H and O–H groups in total. The first kappa shape index (κ1) is 24.3. The molecule has 0 saturated carbocycles. The van der Waals surface area contributed by atoms with E-state index in [-0.39, 0.29) is 24.0 Å². The van der Waals surface area contributed by atoms with Gasteiger partial charge in [-0.2, -0.15) is 0 Å². The zero-order valence-corrected chi connectivity index (χ0v) is 19.5. The van der Waals surface area contributed by atoms with Crippen molar-refractivity contribution in [3.8, 4) is 5.75 Å². The smallest absolute Gasteiger partial charge is 0.190 e. The highest BCUT2D eigenvalue weighted by Gasteiger charge is 2.14. The van der Waals surface area contributed by atoms with E-state index >= 15 is 0 Å². The summed E-state index contributed by atoms with van der Waals surface area (Å²) in [6.45, 7) is 8.74. The number of nitrogens with one attached hydrogen (secondary N) is 2. The molecule has 1 aromatic carbocycles. The first-order valence-corrected chi connectivity index (χ1v) is 9.57. The van der Waals surface area contributed by atoms with Gasteiger partial charge in [0, 0.05) is 44.8 Å². The summed E-state index contributed by atoms with van der Waals surface area (Å²) >= 11 is 6.29. The zero-order chi connectivity index (χ0) is 18.8. The SMILES string of the molecule is CN=C(NCCc1ccc(OC)cc1Cl)NCC(C)CN1CCOCC1.I. The van der Waals surface area contributed by atoms with Crippen molar-refractivity contribution in [2.75, 3.05) is 60.1 Å². The molecule has 0 radical (unpaired) electrons. The molecule has 1 aliphatic rings. The van der Waals surface area contributed by atoms with Crippen LogP contribution in [0.4, 0.5) is 0 Å². The molecule has 0 aliphatic carbocycles. The molecule has 1 fully saturated rings. The molecule has 1 aliphatic heterocycles. The molecular weight excluding hydrogens is 479 g/mol. The standard InChI is InChI=1S/C19H31ClN4O2.HI/c1-15(14-24-8-10-26-11-9-24)13-23-19(21-2)22-7-6-16-4-5-17(25-3)12-18(16)20;/h4-5,12,15H,6-11,13-14H2,1-3H3,(H2,21,22,23);1H. The second-order valence-electron chi connectivity index (χ2n) is 6.61. The molecule has 1 saturated heterocycles. The van der Waals surface area contributed by atoms with Crippen molar-refractivity contribution in [3.63, 3.8) is 0 Å². The molecule has 0 spiro atoms. The van der Waals surface area contributed by atoms with Crippen molar-refractivity contribution < 1.29 is 9.47 Å². The summed E-state index contributed by atoms with van der Waals surface area (Å²) in [7, 11) is 3.44. The maximum absolute atomic E-state index is 6.29. The van der Waals surface area contributed by atoms with E-state index in [1.165, 1.54) is 0 Å². The Morgan fingerprint density at radius 1 is 1.33 bits per heavy atom. The maximum atomic E-state index is 6.29. The number of aliphatic imine (C=N–C) groups is 1. The van der Waals surface area contributed by atoms with Gasteiger partial charge >= 0.3 is 0 Å². The Labute approximate surface area is 185 Å². The average Bonchev–Trinajstić information content (AvgIpc) is 2.66. The predicted molar refractivity (Wildman–Crippen MR) is 123 cm³/mol. The lowest BCUT2D eigenvalue weighted by atomic mass is 10.1. The summed E-state index contributed by atoms with van der Waals surface area (Å²) in [6, 6.07) is 5.78. The monoisotopic (exact) mass is 510 g/mol. The number of ether oxygens (including phenoxy) is 2. The third kappa shape index (κ3) is 8.85. The van der Waals surface area contributed by atoms with Crippen molar-refractivity contribution in [2.24, 2.45) is 10.9 Å². The van der Waals surface area contributed by atoms with Crippen molar-refractivity contribution in [1.82, 2.24) is 15.5 Å². The lowest BCUT2D eigenvalue weighted by molar-refractivity contribution is 0.0320. The van der Waals surface area contributed by atoms with E-state index in [0.29, 0.717) is 5.92 Å². The first-order chi connectivity index (χ1) is 12.6. The Kier molecular flexibility index (Phi) is 12.1. The van der Waals surface area contributed by atoms with E-state index in [1.807, 2.05) is 18.2 Å². The van der Waals surface area contributed by atoms with Crippen LogP contribution in [0.25, 0.3) is 0 Å². The molecular formula is C19H32ClIN4O2. The molecule has 1 atom stereocenters. The molecule has 154 valence electrons. The first-order valence-electron chi connectivity index (χ1n) is 9.19. The number of rotatable bonds is 8. The number of morpholine rings is 1. The van der Waals surface area contributed by atoms with Crippen molar-refractivity contribution >= 4 is 41.5 Å². The molecule has 2 rings (SSSR count). The van der Waals surface area contributed by atoms with Gasteiger partial charge in [0.15, 0.2) is 5.96 Å². The summed E-state index contributed by atoms with van der Waals surface area (Å²) in [6.07, 6.45) is 0.826. The molecule has 6 nitrogen and oxygen atoms in total. The molecule has 1 aromatic rings. The van der Waals surface area contributed by atoms with Gasteiger partial charge in [-0.25, -0.2) is 0 Å². The Morgan fingerprint density at radius 3 is 2.70 bits per heavy atom. The number of halogens is 2. The third-order valence-electron chi connectivity index (χ3n) is 4.46. The minimum absolute atomic E-state index is 0. The molecule has 0 bridgehead atoms. The number of guanidine groups is 1. The third-order valence-corrected chi connectivity index (χ3v) is 4.81. The van der Waals surface area contributed by atoms with Crippen molar-refractivity contribution in [2.45, 2.75) is 13.3 Å². The number of hydrogen-bond donors (Lipinski definition) is 2. The van der Waals surface area contributed by atoms with Crippen LogP contribution in [0.15, 0.2) is 23.2 Å². The van der Waals surface area contributed by atoms with Gasteiger partial charge in [0.1, 0.15) is 5.75 Å². The second-order valence-corrected chi connectivity index (χ2v) is 7.01. The number of benzene rings is 1. The van der Waals surface area contributed by atoms with E-state index in [4.69, 9.17) is 21.1 Å². The van der Waals surface area contributed by atoms with Crippen LogP contribution in [0, 0.1) is 5.92 Å². The van der Waals surface area contributed by atoms with E-state index < -0.39 is 0 Å². The Hall–Kier alpha value is -0.770. The fraction of sp³-hybridized carbons (Fsp3) is 0.632. The highest BCUT2D eigenvalue weighted by atomic mass is 127. The van der Waals surface area contributed by atoms with E-state index in [2.05, 4.69) is 27.4 Å². The second kappa shape index (κ2) is 13.4.